The predicted octanol–water partition coefficient (Wildman–Crippen LogP) is 4.60. The van der Waals surface area contributed by atoms with E-state index in [4.69, 9.17) is 11.6 Å². The summed E-state index contributed by atoms with van der Waals surface area (Å²) in [6.45, 7) is 2.10. The number of nitro benzene ring substituents is 1. The molecule has 0 bridgehead atoms. The molecule has 3 aromatic carbocycles. The number of hydrogen-bond donors (Lipinski definition) is 1. The van der Waals surface area contributed by atoms with Crippen LogP contribution < -0.4 is 10.2 Å². The van der Waals surface area contributed by atoms with Crippen LogP contribution in [-0.4, -0.2) is 47.8 Å². The molecule has 34 heavy (non-hydrogen) atoms. The van der Waals surface area contributed by atoms with Crippen LogP contribution in [0.1, 0.15) is 20.7 Å². The van der Waals surface area contributed by atoms with Crippen molar-refractivity contribution >= 4 is 40.5 Å². The smallest absolute Gasteiger partial charge is 0.270 e. The zero-order valence-electron chi connectivity index (χ0n) is 17.9. The van der Waals surface area contributed by atoms with E-state index in [0.29, 0.717) is 31.9 Å². The van der Waals surface area contributed by atoms with Crippen LogP contribution in [0.3, 0.4) is 0 Å². The topological polar surface area (TPSA) is 95.8 Å². The summed E-state index contributed by atoms with van der Waals surface area (Å²) in [6.07, 6.45) is 0. The number of carbonyl (C=O) groups is 2. The molecule has 1 aliphatic rings. The first-order valence-corrected chi connectivity index (χ1v) is 10.9. The molecule has 1 fully saturated rings. The highest BCUT2D eigenvalue weighted by molar-refractivity contribution is 6.34. The maximum absolute atomic E-state index is 13.9. The van der Waals surface area contributed by atoms with Crippen molar-refractivity contribution in [3.05, 3.63) is 98.8 Å². The van der Waals surface area contributed by atoms with Gasteiger partial charge in [-0.05, 0) is 42.5 Å². The molecule has 4 rings (SSSR count). The molecule has 10 heteroatoms. The highest BCUT2D eigenvalue weighted by atomic mass is 35.5. The molecule has 0 aliphatic carbocycles. The van der Waals surface area contributed by atoms with Crippen LogP contribution in [0.5, 0.6) is 0 Å². The molecule has 2 amide bonds. The zero-order valence-corrected chi connectivity index (χ0v) is 18.7. The average molecular weight is 483 g/mol. The van der Waals surface area contributed by atoms with Crippen molar-refractivity contribution in [2.75, 3.05) is 36.4 Å². The molecular formula is C24H20ClFN4O4. The number of nitrogens with zero attached hydrogens (tertiary/aromatic N) is 3. The fourth-order valence-electron chi connectivity index (χ4n) is 3.73. The van der Waals surface area contributed by atoms with E-state index >= 15 is 0 Å². The molecule has 1 N–H and O–H groups in total. The second-order valence-electron chi connectivity index (χ2n) is 7.68. The lowest BCUT2D eigenvalue weighted by Gasteiger charge is -2.36. The van der Waals surface area contributed by atoms with Gasteiger partial charge in [-0.25, -0.2) is 4.39 Å². The molecule has 0 atom stereocenters. The summed E-state index contributed by atoms with van der Waals surface area (Å²) in [5.74, 6) is -1.32. The molecule has 0 radical (unpaired) electrons. The number of carbonyl (C=O) groups excluding carboxylic acids is 2. The minimum absolute atomic E-state index is 0.00822. The maximum atomic E-state index is 13.9. The Morgan fingerprint density at radius 1 is 0.941 bits per heavy atom. The Kier molecular flexibility index (Phi) is 6.74. The lowest BCUT2D eigenvalue weighted by molar-refractivity contribution is -0.384. The number of amides is 2. The molecule has 3 aromatic rings. The summed E-state index contributed by atoms with van der Waals surface area (Å²) in [6, 6.07) is 16.8. The third kappa shape index (κ3) is 4.99. The SMILES string of the molecule is O=C(Nc1ccc(N2CCN(C(=O)c3ccccc3F)CC2)cc1)c1ccc([N+](=O)[O-])cc1Cl. The first-order chi connectivity index (χ1) is 16.3. The highest BCUT2D eigenvalue weighted by Gasteiger charge is 2.24. The van der Waals surface area contributed by atoms with Crippen molar-refractivity contribution in [2.45, 2.75) is 0 Å². The summed E-state index contributed by atoms with van der Waals surface area (Å²) < 4.78 is 13.9. The predicted molar refractivity (Wildman–Crippen MR) is 127 cm³/mol. The number of anilines is 2. The molecule has 8 nitrogen and oxygen atoms in total. The van der Waals surface area contributed by atoms with E-state index in [0.717, 1.165) is 11.8 Å². The Morgan fingerprint density at radius 3 is 2.24 bits per heavy atom. The van der Waals surface area contributed by atoms with Crippen LogP contribution in [-0.2, 0) is 0 Å². The number of piperazine rings is 1. The van der Waals surface area contributed by atoms with Crippen molar-refractivity contribution < 1.29 is 18.9 Å². The lowest BCUT2D eigenvalue weighted by Crippen LogP contribution is -2.49. The minimum atomic E-state index is -0.581. The van der Waals surface area contributed by atoms with Gasteiger partial charge in [0.1, 0.15) is 5.82 Å². The number of benzene rings is 3. The van der Waals surface area contributed by atoms with Crippen LogP contribution in [0, 0.1) is 15.9 Å². The van der Waals surface area contributed by atoms with Gasteiger partial charge in [-0.3, -0.25) is 19.7 Å². The fourth-order valence-corrected chi connectivity index (χ4v) is 3.99. The maximum Gasteiger partial charge on any atom is 0.270 e. The highest BCUT2D eigenvalue weighted by Crippen LogP contribution is 2.25. The van der Waals surface area contributed by atoms with Crippen molar-refractivity contribution in [3.8, 4) is 0 Å². The number of halogens is 2. The fraction of sp³-hybridized carbons (Fsp3) is 0.167. The molecule has 0 saturated carbocycles. The largest absolute Gasteiger partial charge is 0.368 e. The number of nitro groups is 1. The number of nitrogens with one attached hydrogen (secondary N) is 1. The summed E-state index contributed by atoms with van der Waals surface area (Å²) in [5.41, 5.74) is 1.47. The van der Waals surface area contributed by atoms with Gasteiger partial charge in [0.05, 0.1) is 21.1 Å². The third-order valence-corrected chi connectivity index (χ3v) is 5.88. The average Bonchev–Trinajstić information content (AvgIpc) is 2.84. The summed E-state index contributed by atoms with van der Waals surface area (Å²) >= 11 is 6.02. The van der Waals surface area contributed by atoms with Crippen LogP contribution >= 0.6 is 11.6 Å². The van der Waals surface area contributed by atoms with Gasteiger partial charge in [-0.2, -0.15) is 0 Å². The van der Waals surface area contributed by atoms with Crippen molar-refractivity contribution in [1.29, 1.82) is 0 Å². The quantitative estimate of drug-likeness (QED) is 0.423. The number of rotatable bonds is 5. The standard InChI is InChI=1S/C24H20ClFN4O4/c25-21-15-18(30(33)34)9-10-19(21)23(31)27-16-5-7-17(8-6-16)28-11-13-29(14-12-28)24(32)20-3-1-2-4-22(20)26/h1-10,15H,11-14H2,(H,27,31). The Hall–Kier alpha value is -3.98. The van der Waals surface area contributed by atoms with E-state index < -0.39 is 16.6 Å². The number of non-ortho nitro benzene ring substituents is 1. The second kappa shape index (κ2) is 9.88. The van der Waals surface area contributed by atoms with Crippen molar-refractivity contribution in [1.82, 2.24) is 4.90 Å². The van der Waals surface area contributed by atoms with Gasteiger partial charge in [0.25, 0.3) is 17.5 Å². The molecule has 1 heterocycles. The van der Waals surface area contributed by atoms with Gasteiger partial charge in [0, 0.05) is 49.7 Å². The molecule has 174 valence electrons. The minimum Gasteiger partial charge on any atom is -0.368 e. The van der Waals surface area contributed by atoms with E-state index in [-0.39, 0.29) is 27.7 Å². The monoisotopic (exact) mass is 482 g/mol. The molecule has 1 aliphatic heterocycles. The molecule has 0 aromatic heterocycles. The lowest BCUT2D eigenvalue weighted by atomic mass is 10.1. The van der Waals surface area contributed by atoms with Crippen LogP contribution in [0.4, 0.5) is 21.5 Å². The molecule has 1 saturated heterocycles. The number of hydrogen-bond acceptors (Lipinski definition) is 5. The third-order valence-electron chi connectivity index (χ3n) is 5.57. The Bertz CT molecular complexity index is 1240. The Morgan fingerprint density at radius 2 is 1.62 bits per heavy atom. The molecular weight excluding hydrogens is 463 g/mol. The van der Waals surface area contributed by atoms with Gasteiger partial charge >= 0.3 is 0 Å². The second-order valence-corrected chi connectivity index (χ2v) is 8.09. The van der Waals surface area contributed by atoms with Crippen LogP contribution in [0.25, 0.3) is 0 Å². The van der Waals surface area contributed by atoms with Gasteiger partial charge in [-0.15, -0.1) is 0 Å². The summed E-state index contributed by atoms with van der Waals surface area (Å²) in [5, 5.41) is 13.5. The Labute approximate surface area is 199 Å². The van der Waals surface area contributed by atoms with E-state index in [1.165, 1.54) is 24.3 Å². The zero-order chi connectivity index (χ0) is 24.2. The summed E-state index contributed by atoms with van der Waals surface area (Å²) in [4.78, 5) is 39.1. The molecule has 0 unspecified atom stereocenters. The van der Waals surface area contributed by atoms with E-state index in [1.807, 2.05) is 12.1 Å². The first-order valence-electron chi connectivity index (χ1n) is 10.5. The molecule has 0 spiro atoms. The van der Waals surface area contributed by atoms with Gasteiger partial charge in [0.2, 0.25) is 0 Å². The van der Waals surface area contributed by atoms with Gasteiger partial charge < -0.3 is 15.1 Å². The van der Waals surface area contributed by atoms with Crippen LogP contribution in [0.15, 0.2) is 66.7 Å². The van der Waals surface area contributed by atoms with E-state index in [2.05, 4.69) is 10.2 Å². The van der Waals surface area contributed by atoms with Crippen molar-refractivity contribution in [2.24, 2.45) is 0 Å². The van der Waals surface area contributed by atoms with E-state index in [9.17, 15) is 24.1 Å². The van der Waals surface area contributed by atoms with E-state index in [1.54, 1.807) is 29.2 Å². The van der Waals surface area contributed by atoms with Crippen LogP contribution in [0.2, 0.25) is 5.02 Å². The summed E-state index contributed by atoms with van der Waals surface area (Å²) in [7, 11) is 0. The van der Waals surface area contributed by atoms with Crippen molar-refractivity contribution in [3.63, 3.8) is 0 Å². The Balaban J connectivity index is 1.35. The van der Waals surface area contributed by atoms with Gasteiger partial charge in [-0.1, -0.05) is 23.7 Å². The first kappa shape index (κ1) is 23.2. The van der Waals surface area contributed by atoms with Gasteiger partial charge in [0.15, 0.2) is 0 Å². The normalized spacial score (nSPS) is 13.5.